The maximum Gasteiger partial charge on any atom is 0.319 e. The lowest BCUT2D eigenvalue weighted by Crippen LogP contribution is -2.45. The second-order valence-corrected chi connectivity index (χ2v) is 6.42. The van der Waals surface area contributed by atoms with Gasteiger partial charge >= 0.3 is 12.0 Å². The summed E-state index contributed by atoms with van der Waals surface area (Å²) < 4.78 is 31.8. The summed E-state index contributed by atoms with van der Waals surface area (Å²) in [6.07, 6.45) is 1.52. The van der Waals surface area contributed by atoms with E-state index in [2.05, 4.69) is 15.6 Å². The molecule has 0 bridgehead atoms. The first-order valence-corrected chi connectivity index (χ1v) is 8.04. The van der Waals surface area contributed by atoms with Gasteiger partial charge in [0.2, 0.25) is 5.88 Å². The van der Waals surface area contributed by atoms with Crippen LogP contribution >= 0.6 is 0 Å². The van der Waals surface area contributed by atoms with Crippen LogP contribution in [0.3, 0.4) is 0 Å². The van der Waals surface area contributed by atoms with E-state index < -0.39 is 29.2 Å². The molecular weight excluding hydrogens is 360 g/mol. The van der Waals surface area contributed by atoms with Gasteiger partial charge in [0.05, 0.1) is 0 Å². The van der Waals surface area contributed by atoms with Crippen molar-refractivity contribution in [3.8, 4) is 11.6 Å². The van der Waals surface area contributed by atoms with Crippen LogP contribution in [-0.2, 0) is 4.79 Å². The summed E-state index contributed by atoms with van der Waals surface area (Å²) in [5, 5.41) is 14.0. The zero-order chi connectivity index (χ0) is 20.0. The van der Waals surface area contributed by atoms with E-state index >= 15 is 0 Å². The Morgan fingerprint density at radius 1 is 1.22 bits per heavy atom. The van der Waals surface area contributed by atoms with Crippen LogP contribution in [0.15, 0.2) is 36.5 Å². The third-order valence-electron chi connectivity index (χ3n) is 3.52. The number of urea groups is 1. The van der Waals surface area contributed by atoms with Gasteiger partial charge in [-0.25, -0.2) is 18.6 Å². The van der Waals surface area contributed by atoms with Crippen LogP contribution in [-0.4, -0.2) is 27.6 Å². The first kappa shape index (κ1) is 20.1. The molecule has 0 spiro atoms. The summed E-state index contributed by atoms with van der Waals surface area (Å²) in [4.78, 5) is 26.7. The van der Waals surface area contributed by atoms with Crippen molar-refractivity contribution in [3.63, 3.8) is 0 Å². The predicted octanol–water partition coefficient (Wildman–Crippen LogP) is 3.92. The summed E-state index contributed by atoms with van der Waals surface area (Å²) in [6, 6.07) is 5.18. The quantitative estimate of drug-likeness (QED) is 0.677. The highest BCUT2D eigenvalue weighted by Gasteiger charge is 2.21. The predicted molar refractivity (Wildman–Crippen MR) is 93.8 cm³/mol. The zero-order valence-corrected chi connectivity index (χ0v) is 14.8. The Hall–Kier alpha value is -3.23. The first-order chi connectivity index (χ1) is 12.6. The second kappa shape index (κ2) is 8.43. The number of hydrogen-bond acceptors (Lipinski definition) is 4. The van der Waals surface area contributed by atoms with Crippen molar-refractivity contribution >= 4 is 17.7 Å². The molecule has 0 aliphatic heterocycles. The van der Waals surface area contributed by atoms with Gasteiger partial charge in [0.15, 0.2) is 11.6 Å². The third-order valence-corrected chi connectivity index (χ3v) is 3.52. The molecule has 3 N–H and O–H groups in total. The minimum atomic E-state index is -0.950. The standard InChI is InChI=1S/C18H19F2N3O4/c1-18(2,7-5-16(24)25)23-17(26)22-12-6-8-21-15(10-12)27-14-4-3-11(19)9-13(14)20/h3-4,6,8-10H,5,7H2,1-2H3,(H,24,25)(H2,21,22,23,26). The molecule has 0 aliphatic rings. The fraction of sp³-hybridized carbons (Fsp3) is 0.278. The molecule has 9 heteroatoms. The number of nitrogens with one attached hydrogen (secondary N) is 2. The van der Waals surface area contributed by atoms with Gasteiger partial charge in [-0.3, -0.25) is 4.79 Å². The number of aromatic nitrogens is 1. The molecule has 0 aliphatic carbocycles. The number of carbonyl (C=O) groups excluding carboxylic acids is 1. The Balaban J connectivity index is 2.00. The largest absolute Gasteiger partial charge is 0.481 e. The van der Waals surface area contributed by atoms with Gasteiger partial charge in [-0.2, -0.15) is 0 Å². The molecule has 0 fully saturated rings. The molecule has 27 heavy (non-hydrogen) atoms. The molecule has 2 aromatic rings. The molecule has 1 heterocycles. The molecular formula is C18H19F2N3O4. The Morgan fingerprint density at radius 2 is 1.96 bits per heavy atom. The van der Waals surface area contributed by atoms with Crippen molar-refractivity contribution in [2.24, 2.45) is 0 Å². The number of rotatable bonds is 7. The van der Waals surface area contributed by atoms with E-state index in [-0.39, 0.29) is 24.5 Å². The van der Waals surface area contributed by atoms with E-state index in [1.807, 2.05) is 0 Å². The molecule has 2 amide bonds. The summed E-state index contributed by atoms with van der Waals surface area (Å²) in [6.45, 7) is 3.40. The number of carbonyl (C=O) groups is 2. The van der Waals surface area contributed by atoms with E-state index in [1.54, 1.807) is 13.8 Å². The van der Waals surface area contributed by atoms with Crippen molar-refractivity contribution in [1.29, 1.82) is 0 Å². The Labute approximate surface area is 154 Å². The number of anilines is 1. The number of hydrogen-bond donors (Lipinski definition) is 3. The molecule has 144 valence electrons. The molecule has 7 nitrogen and oxygen atoms in total. The van der Waals surface area contributed by atoms with Crippen LogP contribution in [0.2, 0.25) is 0 Å². The number of ether oxygens (including phenoxy) is 1. The van der Waals surface area contributed by atoms with Crippen LogP contribution in [0.25, 0.3) is 0 Å². The van der Waals surface area contributed by atoms with E-state index in [9.17, 15) is 18.4 Å². The van der Waals surface area contributed by atoms with Crippen LogP contribution in [0.5, 0.6) is 11.6 Å². The monoisotopic (exact) mass is 379 g/mol. The van der Waals surface area contributed by atoms with Crippen molar-refractivity contribution in [1.82, 2.24) is 10.3 Å². The van der Waals surface area contributed by atoms with Gasteiger partial charge in [-0.15, -0.1) is 0 Å². The number of carboxylic acid groups (broad SMARTS) is 1. The molecule has 2 rings (SSSR count). The van der Waals surface area contributed by atoms with E-state index in [1.165, 1.54) is 18.3 Å². The first-order valence-electron chi connectivity index (χ1n) is 8.04. The summed E-state index contributed by atoms with van der Waals surface area (Å²) in [7, 11) is 0. The normalized spacial score (nSPS) is 11.0. The van der Waals surface area contributed by atoms with Gasteiger partial charge in [-0.1, -0.05) is 0 Å². The maximum absolute atomic E-state index is 13.6. The Bertz CT molecular complexity index is 843. The highest BCUT2D eigenvalue weighted by molar-refractivity contribution is 5.89. The minimum absolute atomic E-state index is 0.00319. The number of halogens is 2. The minimum Gasteiger partial charge on any atom is -0.481 e. The van der Waals surface area contributed by atoms with Gasteiger partial charge in [-0.05, 0) is 38.5 Å². The highest BCUT2D eigenvalue weighted by atomic mass is 19.1. The van der Waals surface area contributed by atoms with E-state index in [0.717, 1.165) is 12.1 Å². The van der Waals surface area contributed by atoms with Crippen molar-refractivity contribution in [2.75, 3.05) is 5.32 Å². The lowest BCUT2D eigenvalue weighted by Gasteiger charge is -2.25. The maximum atomic E-state index is 13.6. The number of pyridine rings is 1. The van der Waals surface area contributed by atoms with Crippen LogP contribution in [0.4, 0.5) is 19.3 Å². The fourth-order valence-corrected chi connectivity index (χ4v) is 2.17. The van der Waals surface area contributed by atoms with E-state index in [0.29, 0.717) is 11.8 Å². The number of carboxylic acids is 1. The van der Waals surface area contributed by atoms with Crippen LogP contribution in [0.1, 0.15) is 26.7 Å². The molecule has 0 saturated heterocycles. The molecule has 0 atom stereocenters. The van der Waals surface area contributed by atoms with Crippen molar-refractivity contribution in [3.05, 3.63) is 48.2 Å². The van der Waals surface area contributed by atoms with Crippen molar-refractivity contribution < 1.29 is 28.2 Å². The molecule has 0 saturated carbocycles. The zero-order valence-electron chi connectivity index (χ0n) is 14.8. The average Bonchev–Trinajstić information content (AvgIpc) is 2.55. The van der Waals surface area contributed by atoms with Gasteiger partial charge in [0, 0.05) is 36.0 Å². The number of benzene rings is 1. The number of nitrogens with zero attached hydrogens (tertiary/aromatic N) is 1. The van der Waals surface area contributed by atoms with Crippen molar-refractivity contribution in [2.45, 2.75) is 32.2 Å². The van der Waals surface area contributed by atoms with Gasteiger partial charge in [0.25, 0.3) is 0 Å². The topological polar surface area (TPSA) is 101 Å². The summed E-state index contributed by atoms with van der Waals surface area (Å²) in [5.41, 5.74) is -0.402. The van der Waals surface area contributed by atoms with Gasteiger partial charge < -0.3 is 20.5 Å². The lowest BCUT2D eigenvalue weighted by molar-refractivity contribution is -0.137. The van der Waals surface area contributed by atoms with Gasteiger partial charge in [0.1, 0.15) is 5.82 Å². The summed E-state index contributed by atoms with van der Waals surface area (Å²) >= 11 is 0. The summed E-state index contributed by atoms with van der Waals surface area (Å²) in [5.74, 6) is -2.77. The van der Waals surface area contributed by atoms with Crippen LogP contribution < -0.4 is 15.4 Å². The average molecular weight is 379 g/mol. The lowest BCUT2D eigenvalue weighted by atomic mass is 9.99. The Morgan fingerprint density at radius 3 is 2.63 bits per heavy atom. The van der Waals surface area contributed by atoms with Crippen LogP contribution in [0, 0.1) is 11.6 Å². The highest BCUT2D eigenvalue weighted by Crippen LogP contribution is 2.25. The molecule has 0 unspecified atom stereocenters. The number of aliphatic carboxylic acids is 1. The fourth-order valence-electron chi connectivity index (χ4n) is 2.17. The van der Waals surface area contributed by atoms with E-state index in [4.69, 9.17) is 9.84 Å². The second-order valence-electron chi connectivity index (χ2n) is 6.42. The SMILES string of the molecule is CC(C)(CCC(=O)O)NC(=O)Nc1ccnc(Oc2ccc(F)cc2F)c1. The third kappa shape index (κ3) is 6.53. The number of amides is 2. The molecule has 1 aromatic carbocycles. The Kier molecular flexibility index (Phi) is 6.27. The smallest absolute Gasteiger partial charge is 0.319 e. The molecule has 0 radical (unpaired) electrons. The molecule has 1 aromatic heterocycles.